The molecule has 3 aromatic heterocycles. The van der Waals surface area contributed by atoms with Gasteiger partial charge in [0.15, 0.2) is 0 Å². The van der Waals surface area contributed by atoms with Crippen LogP contribution in [0.25, 0.3) is 33.3 Å². The Hall–Kier alpha value is -5.10. The van der Waals surface area contributed by atoms with Crippen molar-refractivity contribution in [3.8, 4) is 5.69 Å². The molecule has 0 bridgehead atoms. The molecule has 0 saturated carbocycles. The minimum absolute atomic E-state index is 0.0242. The van der Waals surface area contributed by atoms with Crippen molar-refractivity contribution >= 4 is 86.2 Å². The first-order valence-electron chi connectivity index (χ1n) is 21.0. The highest BCUT2D eigenvalue weighted by Crippen LogP contribution is 2.37. The normalized spacial score (nSPS) is 16.6. The lowest BCUT2D eigenvalue weighted by Crippen LogP contribution is -2.47. The Morgan fingerprint density at radius 2 is 1.76 bits per heavy atom. The number of piperazine rings is 1. The number of halogens is 2. The Bertz CT molecular complexity index is 2850. The van der Waals surface area contributed by atoms with Crippen LogP contribution in [-0.4, -0.2) is 90.9 Å². The molecule has 1 unspecified atom stereocenters. The zero-order valence-electron chi connectivity index (χ0n) is 35.7. The second-order valence-corrected chi connectivity index (χ2v) is 25.8. The summed E-state index contributed by atoms with van der Waals surface area (Å²) in [6, 6.07) is 21.4. The Kier molecular flexibility index (Phi) is 12.8. The number of rotatable bonds is 14. The maximum Gasteiger partial charge on any atom is 0.289 e. The molecule has 6 aromatic rings. The molecule has 18 heteroatoms. The molecule has 1 N–H and O–H groups in total. The first-order valence-corrected chi connectivity index (χ1v) is 27.0. The molecule has 1 fully saturated rings. The summed E-state index contributed by atoms with van der Waals surface area (Å²) in [5.74, 6) is -0.321. The molecule has 1 amide bonds. The van der Waals surface area contributed by atoms with Gasteiger partial charge >= 0.3 is 0 Å². The molecule has 3 aromatic carbocycles. The van der Waals surface area contributed by atoms with Gasteiger partial charge in [0.1, 0.15) is 22.9 Å². The van der Waals surface area contributed by atoms with Gasteiger partial charge in [0, 0.05) is 75.8 Å². The minimum Gasteiger partial charge on any atom is -0.369 e. The zero-order valence-corrected chi connectivity index (χ0v) is 39.0. The van der Waals surface area contributed by atoms with Crippen molar-refractivity contribution in [3.05, 3.63) is 122 Å². The second-order valence-electron chi connectivity index (χ2n) is 17.7. The lowest BCUT2D eigenvalue weighted by molar-refractivity contribution is -0.384. The predicted molar refractivity (Wildman–Crippen MR) is 251 cm³/mol. The number of pyridine rings is 1. The van der Waals surface area contributed by atoms with Crippen LogP contribution >= 0.6 is 23.2 Å². The molecule has 2 aliphatic rings. The average molecular weight is 930 g/mol. The lowest BCUT2D eigenvalue weighted by Gasteiger charge is -2.38. The summed E-state index contributed by atoms with van der Waals surface area (Å²) >= 11 is 12.2. The number of ether oxygens (including phenoxy) is 1. The lowest BCUT2D eigenvalue weighted by atomic mass is 9.81. The van der Waals surface area contributed by atoms with Crippen LogP contribution in [0.2, 0.25) is 35.7 Å². The quantitative estimate of drug-likeness (QED) is 0.0483. The van der Waals surface area contributed by atoms with E-state index in [-0.39, 0.29) is 10.6 Å². The number of nitrogens with one attached hydrogen (secondary N) is 1. The highest BCUT2D eigenvalue weighted by molar-refractivity contribution is 7.90. The van der Waals surface area contributed by atoms with Crippen LogP contribution in [0.4, 0.5) is 11.4 Å². The molecular weight excluding hydrogens is 880 g/mol. The summed E-state index contributed by atoms with van der Waals surface area (Å²) in [6.45, 7) is 14.2. The van der Waals surface area contributed by atoms with Crippen molar-refractivity contribution in [2.75, 3.05) is 44.2 Å². The smallest absolute Gasteiger partial charge is 0.289 e. The van der Waals surface area contributed by atoms with Crippen LogP contribution in [0.15, 0.2) is 95.7 Å². The Morgan fingerprint density at radius 1 is 1.00 bits per heavy atom. The molecule has 1 aliphatic heterocycles. The number of benzene rings is 3. The zero-order chi connectivity index (χ0) is 44.6. The van der Waals surface area contributed by atoms with E-state index >= 15 is 0 Å². The Balaban J connectivity index is 1.09. The maximum absolute atomic E-state index is 14.1. The van der Waals surface area contributed by atoms with E-state index in [1.54, 1.807) is 16.9 Å². The number of amides is 1. The summed E-state index contributed by atoms with van der Waals surface area (Å²) in [4.78, 5) is 34.1. The van der Waals surface area contributed by atoms with Gasteiger partial charge in [-0.15, -0.1) is 0 Å². The summed E-state index contributed by atoms with van der Waals surface area (Å²) < 4.78 is 38.8. The van der Waals surface area contributed by atoms with Crippen molar-refractivity contribution in [1.29, 1.82) is 0 Å². The summed E-state index contributed by atoms with van der Waals surface area (Å²) in [5, 5.41) is 17.6. The Labute approximate surface area is 377 Å². The number of nitrogens with zero attached hydrogens (tertiary/aromatic N) is 7. The van der Waals surface area contributed by atoms with E-state index in [4.69, 9.17) is 38.0 Å². The van der Waals surface area contributed by atoms with Crippen LogP contribution in [0.3, 0.4) is 0 Å². The van der Waals surface area contributed by atoms with Crippen LogP contribution in [0.5, 0.6) is 0 Å². The molecule has 14 nitrogen and oxygen atoms in total. The third kappa shape index (κ3) is 10.0. The van der Waals surface area contributed by atoms with E-state index in [1.165, 1.54) is 16.7 Å². The van der Waals surface area contributed by atoms with Gasteiger partial charge in [0.2, 0.25) is 0 Å². The van der Waals surface area contributed by atoms with Gasteiger partial charge in [-0.3, -0.25) is 19.8 Å². The standard InChI is InChI=1S/C45H50Cl2N8O6SSi/c1-30-5-6-33(38(23-30)31-7-9-34(46)10-8-31)28-51-17-19-52(20-18-51)35-11-13-37(45(56)50-62(59,60)36-12-14-39(47)42(26-36)55(57)58)41(25-35)54-43-24-32-15-16-53(29-61-21-22-63(2,3)4)44(32)49-40(43)27-48-54/h7-16,24-27,30H,5-6,17-23,28-29H2,1-4H3,(H,50,56). The van der Waals surface area contributed by atoms with Crippen LogP contribution in [0.1, 0.15) is 42.1 Å². The van der Waals surface area contributed by atoms with Gasteiger partial charge in [-0.25, -0.2) is 22.8 Å². The highest BCUT2D eigenvalue weighted by Gasteiger charge is 2.28. The van der Waals surface area contributed by atoms with Crippen molar-refractivity contribution < 1.29 is 22.9 Å². The molecule has 0 spiro atoms. The van der Waals surface area contributed by atoms with Crippen LogP contribution in [0, 0.1) is 16.0 Å². The molecule has 8 rings (SSSR count). The van der Waals surface area contributed by atoms with Gasteiger partial charge in [0.25, 0.3) is 21.6 Å². The summed E-state index contributed by atoms with van der Waals surface area (Å²) in [6.07, 6.45) is 6.82. The molecule has 1 atom stereocenters. The number of sulfonamides is 1. The third-order valence-electron chi connectivity index (χ3n) is 11.9. The largest absolute Gasteiger partial charge is 0.369 e. The van der Waals surface area contributed by atoms with Crippen molar-refractivity contribution in [3.63, 3.8) is 0 Å². The number of allylic oxidation sites excluding steroid dienone is 1. The SMILES string of the molecule is CC1CCC(CN2CCN(c3ccc(C(=O)NS(=O)(=O)c4ccc(Cl)c([N+](=O)[O-])c4)c(-n4ncc5nc6c(ccn6COCC[Si](C)(C)C)cc54)c3)CC2)=C(c2ccc(Cl)cc2)C1. The van der Waals surface area contributed by atoms with E-state index in [0.717, 1.165) is 98.0 Å². The predicted octanol–water partition coefficient (Wildman–Crippen LogP) is 9.42. The molecule has 330 valence electrons. The topological polar surface area (TPSA) is 158 Å². The van der Waals surface area contributed by atoms with E-state index < -0.39 is 39.5 Å². The van der Waals surface area contributed by atoms with Crippen molar-refractivity contribution in [2.24, 2.45) is 5.92 Å². The maximum atomic E-state index is 14.1. The van der Waals surface area contributed by atoms with Crippen LogP contribution in [-0.2, 0) is 21.5 Å². The second kappa shape index (κ2) is 18.2. The first kappa shape index (κ1) is 44.5. The fourth-order valence-electron chi connectivity index (χ4n) is 8.26. The number of carbonyl (C=O) groups is 1. The number of fused-ring (bicyclic) bond motifs is 2. The summed E-state index contributed by atoms with van der Waals surface area (Å²) in [7, 11) is -5.83. The fraction of sp³-hybridized carbons (Fsp3) is 0.356. The van der Waals surface area contributed by atoms with E-state index in [1.807, 2.05) is 47.2 Å². The molecular formula is C45H50Cl2N8O6SSi. The van der Waals surface area contributed by atoms with Gasteiger partial charge in [-0.2, -0.15) is 5.10 Å². The number of hydrogen-bond donors (Lipinski definition) is 1. The Morgan fingerprint density at radius 3 is 2.49 bits per heavy atom. The van der Waals surface area contributed by atoms with Crippen LogP contribution < -0.4 is 9.62 Å². The molecule has 1 aliphatic carbocycles. The average Bonchev–Trinajstić information content (AvgIpc) is 3.85. The highest BCUT2D eigenvalue weighted by atomic mass is 35.5. The fourth-order valence-corrected chi connectivity index (χ4v) is 10.3. The van der Waals surface area contributed by atoms with Gasteiger partial charge in [-0.05, 0) is 97.0 Å². The monoisotopic (exact) mass is 928 g/mol. The molecule has 63 heavy (non-hydrogen) atoms. The number of hydrogen-bond acceptors (Lipinski definition) is 10. The van der Waals surface area contributed by atoms with Gasteiger partial charge in [-0.1, -0.05) is 67.5 Å². The van der Waals surface area contributed by atoms with Gasteiger partial charge < -0.3 is 14.2 Å². The number of nitro benzene ring substituents is 1. The van der Waals surface area contributed by atoms with Crippen molar-refractivity contribution in [2.45, 2.75) is 63.5 Å². The first-order chi connectivity index (χ1) is 30.0. The number of anilines is 1. The van der Waals surface area contributed by atoms with Crippen molar-refractivity contribution in [1.82, 2.24) is 29.0 Å². The minimum atomic E-state index is -4.57. The molecule has 4 heterocycles. The number of nitro groups is 1. The van der Waals surface area contributed by atoms with E-state index in [9.17, 15) is 23.3 Å². The van der Waals surface area contributed by atoms with Gasteiger partial charge in [0.05, 0.1) is 32.8 Å². The molecule has 1 saturated heterocycles. The number of aromatic nitrogens is 4. The summed E-state index contributed by atoms with van der Waals surface area (Å²) in [5.41, 5.74) is 6.63. The van der Waals surface area contributed by atoms with E-state index in [2.05, 4.69) is 53.2 Å². The molecule has 0 radical (unpaired) electrons. The number of carbonyl (C=O) groups excluding carboxylic acids is 1. The van der Waals surface area contributed by atoms with E-state index in [0.29, 0.717) is 36.0 Å². The third-order valence-corrected chi connectivity index (χ3v) is 15.5.